The number of nitrogens with one attached hydrogen (secondary N) is 1. The minimum Gasteiger partial charge on any atom is -0.346 e. The third-order valence-corrected chi connectivity index (χ3v) is 4.39. The zero-order valence-electron chi connectivity index (χ0n) is 12.8. The molecule has 2 aromatic heterocycles. The third-order valence-electron chi connectivity index (χ3n) is 4.14. The van der Waals surface area contributed by atoms with E-state index in [1.54, 1.807) is 15.3 Å². The molecular weight excluding hydrogens is 314 g/mol. The average molecular weight is 330 g/mol. The van der Waals surface area contributed by atoms with Crippen molar-refractivity contribution in [2.24, 2.45) is 0 Å². The number of rotatable bonds is 2. The van der Waals surface area contributed by atoms with E-state index >= 15 is 0 Å². The Bertz CT molecular complexity index is 941. The monoisotopic (exact) mass is 329 g/mol. The van der Waals surface area contributed by atoms with E-state index in [0.717, 1.165) is 11.4 Å². The lowest BCUT2D eigenvalue weighted by atomic mass is 10.1. The van der Waals surface area contributed by atoms with E-state index in [-0.39, 0.29) is 17.5 Å². The first kappa shape index (κ1) is 14.3. The van der Waals surface area contributed by atoms with Crippen LogP contribution in [0.15, 0.2) is 35.3 Å². The summed E-state index contributed by atoms with van der Waals surface area (Å²) in [6.07, 6.45) is 1.60. The lowest BCUT2D eigenvalue weighted by Gasteiger charge is -2.09. The second kappa shape index (κ2) is 5.09. The van der Waals surface area contributed by atoms with E-state index in [0.29, 0.717) is 23.0 Å². The highest BCUT2D eigenvalue weighted by Gasteiger charge is 2.26. The van der Waals surface area contributed by atoms with Crippen molar-refractivity contribution in [2.75, 3.05) is 5.32 Å². The molecule has 1 aromatic carbocycles. The first-order valence-electron chi connectivity index (χ1n) is 7.55. The highest BCUT2D eigenvalue weighted by Crippen LogP contribution is 2.27. The van der Waals surface area contributed by atoms with E-state index in [1.165, 1.54) is 0 Å². The second-order valence-electron chi connectivity index (χ2n) is 6.06. The van der Waals surface area contributed by atoms with E-state index in [9.17, 15) is 4.79 Å². The van der Waals surface area contributed by atoms with Gasteiger partial charge in [0.15, 0.2) is 5.52 Å². The van der Waals surface area contributed by atoms with Crippen molar-refractivity contribution in [3.8, 4) is 0 Å². The molecule has 6 nitrogen and oxygen atoms in total. The Balaban J connectivity index is 1.79. The number of aromatic nitrogens is 4. The summed E-state index contributed by atoms with van der Waals surface area (Å²) in [5.74, 6) is 1.56. The minimum atomic E-state index is -0.0710. The van der Waals surface area contributed by atoms with Crippen LogP contribution in [0.3, 0.4) is 0 Å². The number of fused-ring (bicyclic) bond motifs is 2. The number of benzene rings is 1. The van der Waals surface area contributed by atoms with Gasteiger partial charge in [-0.3, -0.25) is 9.36 Å². The van der Waals surface area contributed by atoms with Gasteiger partial charge in [0.05, 0.1) is 18.8 Å². The molecule has 118 valence electrons. The van der Waals surface area contributed by atoms with Crippen molar-refractivity contribution in [1.29, 1.82) is 0 Å². The van der Waals surface area contributed by atoms with Gasteiger partial charge in [0.2, 0.25) is 5.95 Å². The van der Waals surface area contributed by atoms with Crippen LogP contribution in [-0.4, -0.2) is 19.2 Å². The van der Waals surface area contributed by atoms with Crippen molar-refractivity contribution < 1.29 is 0 Å². The Morgan fingerprint density at radius 1 is 1.30 bits per heavy atom. The van der Waals surface area contributed by atoms with Crippen molar-refractivity contribution >= 4 is 23.1 Å². The summed E-state index contributed by atoms with van der Waals surface area (Å²) in [6, 6.07) is 7.64. The molecule has 0 spiro atoms. The van der Waals surface area contributed by atoms with Gasteiger partial charge < -0.3 is 5.32 Å². The summed E-state index contributed by atoms with van der Waals surface area (Å²) in [5.41, 5.74) is 1.51. The predicted octanol–water partition coefficient (Wildman–Crippen LogP) is 2.83. The molecule has 0 saturated carbocycles. The van der Waals surface area contributed by atoms with E-state index in [1.807, 2.05) is 38.1 Å². The molecule has 0 fully saturated rings. The normalized spacial score (nSPS) is 16.8. The summed E-state index contributed by atoms with van der Waals surface area (Å²) < 4.78 is 3.32. The zero-order valence-corrected chi connectivity index (χ0v) is 13.6. The lowest BCUT2D eigenvalue weighted by molar-refractivity contribution is 0.651. The Labute approximate surface area is 137 Å². The highest BCUT2D eigenvalue weighted by molar-refractivity contribution is 6.30. The number of hydrogen-bond acceptors (Lipinski definition) is 4. The molecule has 1 aliphatic heterocycles. The smallest absolute Gasteiger partial charge is 0.281 e. The molecule has 0 saturated heterocycles. The van der Waals surface area contributed by atoms with Crippen LogP contribution in [0, 0.1) is 0 Å². The molecule has 4 rings (SSSR count). The summed E-state index contributed by atoms with van der Waals surface area (Å²) in [7, 11) is 0. The number of hydrogen-bond donors (Lipinski definition) is 1. The maximum atomic E-state index is 12.7. The van der Waals surface area contributed by atoms with Crippen molar-refractivity contribution in [3.05, 3.63) is 57.2 Å². The topological polar surface area (TPSA) is 64.2 Å². The van der Waals surface area contributed by atoms with Gasteiger partial charge >= 0.3 is 0 Å². The molecule has 23 heavy (non-hydrogen) atoms. The summed E-state index contributed by atoms with van der Waals surface area (Å²) >= 11 is 5.94. The summed E-state index contributed by atoms with van der Waals surface area (Å²) in [4.78, 5) is 17.0. The predicted molar refractivity (Wildman–Crippen MR) is 89.2 cm³/mol. The van der Waals surface area contributed by atoms with Crippen LogP contribution in [0.5, 0.6) is 0 Å². The van der Waals surface area contributed by atoms with Gasteiger partial charge in [0.25, 0.3) is 5.56 Å². The first-order chi connectivity index (χ1) is 11.0. The third kappa shape index (κ3) is 2.21. The Kier molecular flexibility index (Phi) is 3.16. The quantitative estimate of drug-likeness (QED) is 0.785. The number of imidazole rings is 1. The number of anilines is 1. The van der Waals surface area contributed by atoms with Gasteiger partial charge in [0, 0.05) is 10.9 Å². The molecule has 3 aromatic rings. The molecule has 0 unspecified atom stereocenters. The second-order valence-corrected chi connectivity index (χ2v) is 6.49. The van der Waals surface area contributed by atoms with Crippen molar-refractivity contribution in [3.63, 3.8) is 0 Å². The molecule has 7 heteroatoms. The van der Waals surface area contributed by atoms with Gasteiger partial charge in [-0.05, 0) is 17.7 Å². The largest absolute Gasteiger partial charge is 0.346 e. The summed E-state index contributed by atoms with van der Waals surface area (Å²) in [5, 5.41) is 8.59. The Hall–Kier alpha value is -2.34. The van der Waals surface area contributed by atoms with Gasteiger partial charge in [-0.2, -0.15) is 0 Å². The van der Waals surface area contributed by atoms with Crippen LogP contribution in [0.25, 0.3) is 5.52 Å². The molecule has 1 aliphatic rings. The molecule has 0 bridgehead atoms. The van der Waals surface area contributed by atoms with E-state index in [4.69, 9.17) is 11.6 Å². The van der Waals surface area contributed by atoms with Crippen molar-refractivity contribution in [1.82, 2.24) is 19.2 Å². The molecule has 1 atom stereocenters. The molecule has 0 aliphatic carbocycles. The van der Waals surface area contributed by atoms with Gasteiger partial charge in [-0.25, -0.2) is 9.50 Å². The van der Waals surface area contributed by atoms with Crippen LogP contribution in [0.2, 0.25) is 5.02 Å². The fourth-order valence-corrected chi connectivity index (χ4v) is 3.06. The van der Waals surface area contributed by atoms with Gasteiger partial charge in [-0.15, -0.1) is 5.10 Å². The maximum Gasteiger partial charge on any atom is 0.281 e. The van der Waals surface area contributed by atoms with Gasteiger partial charge in [-0.1, -0.05) is 37.6 Å². The van der Waals surface area contributed by atoms with Crippen LogP contribution < -0.4 is 10.9 Å². The van der Waals surface area contributed by atoms with E-state index in [2.05, 4.69) is 15.4 Å². The fourth-order valence-electron chi connectivity index (χ4n) is 2.93. The number of halogens is 1. The van der Waals surface area contributed by atoms with E-state index < -0.39 is 0 Å². The van der Waals surface area contributed by atoms with Crippen molar-refractivity contribution in [2.45, 2.75) is 32.4 Å². The molecule has 1 N–H and O–H groups in total. The lowest BCUT2D eigenvalue weighted by Crippen LogP contribution is -2.22. The molecule has 3 heterocycles. The molecule has 0 radical (unpaired) electrons. The standard InChI is InChI=1S/C16H16ClN5O/c1-9(2)14-18-7-13-15(23)21-8-12(19-16(21)20-22(13)14)10-3-5-11(17)6-4-10/h3-7,9,12H,8H2,1-2H3,(H,19,20)/t12-/m1/s1. The molecule has 0 amide bonds. The van der Waals surface area contributed by atoms with Crippen LogP contribution in [0.4, 0.5) is 5.95 Å². The zero-order chi connectivity index (χ0) is 16.1. The number of nitrogens with zero attached hydrogens (tertiary/aromatic N) is 4. The fraction of sp³-hybridized carbons (Fsp3) is 0.312. The van der Waals surface area contributed by atoms with Crippen LogP contribution >= 0.6 is 11.6 Å². The molecular formula is C16H16ClN5O. The van der Waals surface area contributed by atoms with Gasteiger partial charge in [0.1, 0.15) is 5.82 Å². The summed E-state index contributed by atoms with van der Waals surface area (Å²) in [6.45, 7) is 4.61. The highest BCUT2D eigenvalue weighted by atomic mass is 35.5. The van der Waals surface area contributed by atoms with Crippen LogP contribution in [-0.2, 0) is 6.54 Å². The van der Waals surface area contributed by atoms with Crippen LogP contribution in [0.1, 0.15) is 37.2 Å². The minimum absolute atomic E-state index is 0.00929. The first-order valence-corrected chi connectivity index (χ1v) is 7.93. The maximum absolute atomic E-state index is 12.7. The average Bonchev–Trinajstić information content (AvgIpc) is 3.12. The Morgan fingerprint density at radius 3 is 2.74 bits per heavy atom. The Morgan fingerprint density at radius 2 is 2.04 bits per heavy atom. The SMILES string of the molecule is CC(C)c1ncc2c(=O)n3c(nn12)N[C@@H](c1ccc(Cl)cc1)C3.